The number of nitrogens with one attached hydrogen (secondary N) is 1. The molecule has 1 heterocycles. The molecule has 1 saturated heterocycles. The van der Waals surface area contributed by atoms with Crippen molar-refractivity contribution in [3.63, 3.8) is 0 Å². The van der Waals surface area contributed by atoms with E-state index in [-0.39, 0.29) is 0 Å². The molecule has 0 amide bonds. The zero-order chi connectivity index (χ0) is 10.8. The van der Waals surface area contributed by atoms with Gasteiger partial charge in [0.25, 0.3) is 0 Å². The fraction of sp³-hybridized carbons (Fsp3) is 0.500. The van der Waals surface area contributed by atoms with Gasteiger partial charge in [0.2, 0.25) is 0 Å². The molecule has 1 aliphatic heterocycles. The fourth-order valence-electron chi connectivity index (χ4n) is 2.25. The number of hydrogen-bond donors (Lipinski definition) is 1. The zero-order valence-corrected chi connectivity index (χ0v) is 8.76. The Kier molecular flexibility index (Phi) is 3.00. The van der Waals surface area contributed by atoms with Crippen molar-refractivity contribution in [1.82, 2.24) is 5.32 Å². The van der Waals surface area contributed by atoms with Crippen molar-refractivity contribution in [2.45, 2.75) is 19.3 Å². The van der Waals surface area contributed by atoms with Crippen LogP contribution in [0.2, 0.25) is 0 Å². The average molecular weight is 211 g/mol. The summed E-state index contributed by atoms with van der Waals surface area (Å²) in [5.41, 5.74) is 0.919. The van der Waals surface area contributed by atoms with Gasteiger partial charge in [-0.15, -0.1) is 0 Å². The van der Waals surface area contributed by atoms with Gasteiger partial charge in [0.15, 0.2) is 11.6 Å². The monoisotopic (exact) mass is 211 g/mol. The number of hydrogen-bond acceptors (Lipinski definition) is 1. The molecule has 1 N–H and O–H groups in total. The van der Waals surface area contributed by atoms with E-state index in [1.807, 2.05) is 0 Å². The first-order chi connectivity index (χ1) is 7.18. The van der Waals surface area contributed by atoms with Gasteiger partial charge in [-0.1, -0.05) is 13.0 Å². The van der Waals surface area contributed by atoms with Gasteiger partial charge in [-0.25, -0.2) is 8.78 Å². The van der Waals surface area contributed by atoms with Crippen LogP contribution in [0.1, 0.15) is 24.8 Å². The lowest BCUT2D eigenvalue weighted by Gasteiger charge is -2.29. The van der Waals surface area contributed by atoms with E-state index in [2.05, 4.69) is 12.2 Å². The second-order valence-corrected chi connectivity index (χ2v) is 4.25. The van der Waals surface area contributed by atoms with Crippen LogP contribution in [0.4, 0.5) is 8.78 Å². The Bertz CT molecular complexity index is 351. The SMILES string of the molecule is CC1CNCCC1c1ccc(F)c(F)c1. The Morgan fingerprint density at radius 1 is 1.27 bits per heavy atom. The third-order valence-corrected chi connectivity index (χ3v) is 3.16. The molecule has 2 unspecified atom stereocenters. The van der Waals surface area contributed by atoms with Gasteiger partial charge in [0.05, 0.1) is 0 Å². The van der Waals surface area contributed by atoms with Crippen molar-refractivity contribution in [3.8, 4) is 0 Å². The highest BCUT2D eigenvalue weighted by Gasteiger charge is 2.23. The lowest BCUT2D eigenvalue weighted by Crippen LogP contribution is -2.33. The van der Waals surface area contributed by atoms with Crippen molar-refractivity contribution in [3.05, 3.63) is 35.4 Å². The molecule has 0 saturated carbocycles. The van der Waals surface area contributed by atoms with Crippen molar-refractivity contribution in [2.75, 3.05) is 13.1 Å². The van der Waals surface area contributed by atoms with Crippen molar-refractivity contribution < 1.29 is 8.78 Å². The summed E-state index contributed by atoms with van der Waals surface area (Å²) in [6.07, 6.45) is 0.992. The standard InChI is InChI=1S/C12H15F2N/c1-8-7-15-5-4-10(8)9-2-3-11(13)12(14)6-9/h2-3,6,8,10,15H,4-5,7H2,1H3. The maximum absolute atomic E-state index is 13.1. The molecule has 0 aromatic heterocycles. The second kappa shape index (κ2) is 4.27. The van der Waals surface area contributed by atoms with Crippen molar-refractivity contribution in [1.29, 1.82) is 0 Å². The maximum atomic E-state index is 13.1. The summed E-state index contributed by atoms with van der Waals surface area (Å²) in [5.74, 6) is -0.677. The summed E-state index contributed by atoms with van der Waals surface area (Å²) >= 11 is 0. The molecule has 0 spiro atoms. The molecule has 0 radical (unpaired) electrons. The summed E-state index contributed by atoms with van der Waals surface area (Å²) in [6.45, 7) is 4.04. The van der Waals surface area contributed by atoms with Gasteiger partial charge in [0.1, 0.15) is 0 Å². The molecule has 2 atom stereocenters. The largest absolute Gasteiger partial charge is 0.316 e. The van der Waals surface area contributed by atoms with Gasteiger partial charge in [-0.2, -0.15) is 0 Å². The minimum atomic E-state index is -0.764. The van der Waals surface area contributed by atoms with E-state index < -0.39 is 11.6 Å². The van der Waals surface area contributed by atoms with Gasteiger partial charge < -0.3 is 5.32 Å². The molecular weight excluding hydrogens is 196 g/mol. The Labute approximate surface area is 88.5 Å². The van der Waals surface area contributed by atoms with E-state index >= 15 is 0 Å². The summed E-state index contributed by atoms with van der Waals surface area (Å²) in [5, 5.41) is 3.29. The topological polar surface area (TPSA) is 12.0 Å². The Morgan fingerprint density at radius 3 is 2.73 bits per heavy atom. The Morgan fingerprint density at radius 2 is 2.07 bits per heavy atom. The van der Waals surface area contributed by atoms with Crippen LogP contribution in [0.25, 0.3) is 0 Å². The van der Waals surface area contributed by atoms with E-state index in [0.29, 0.717) is 11.8 Å². The third kappa shape index (κ3) is 2.17. The lowest BCUT2D eigenvalue weighted by atomic mass is 9.82. The number of piperidine rings is 1. The first-order valence-electron chi connectivity index (χ1n) is 5.34. The Balaban J connectivity index is 2.24. The van der Waals surface area contributed by atoms with Crippen LogP contribution in [0, 0.1) is 17.6 Å². The third-order valence-electron chi connectivity index (χ3n) is 3.16. The quantitative estimate of drug-likeness (QED) is 0.753. The average Bonchev–Trinajstić information content (AvgIpc) is 2.23. The smallest absolute Gasteiger partial charge is 0.159 e. The number of halogens is 2. The molecule has 1 aromatic carbocycles. The van der Waals surface area contributed by atoms with E-state index in [1.165, 1.54) is 12.1 Å². The number of rotatable bonds is 1. The van der Waals surface area contributed by atoms with Crippen LogP contribution < -0.4 is 5.32 Å². The fourth-order valence-corrected chi connectivity index (χ4v) is 2.25. The van der Waals surface area contributed by atoms with Crippen LogP contribution in [-0.2, 0) is 0 Å². The molecule has 1 fully saturated rings. The van der Waals surface area contributed by atoms with Gasteiger partial charge in [-0.05, 0) is 49.0 Å². The molecule has 3 heteroatoms. The zero-order valence-electron chi connectivity index (χ0n) is 8.76. The van der Waals surface area contributed by atoms with E-state index in [1.54, 1.807) is 6.07 Å². The van der Waals surface area contributed by atoms with E-state index in [9.17, 15) is 8.78 Å². The highest BCUT2D eigenvalue weighted by atomic mass is 19.2. The molecular formula is C12H15F2N. The van der Waals surface area contributed by atoms with Crippen LogP contribution >= 0.6 is 0 Å². The first-order valence-corrected chi connectivity index (χ1v) is 5.34. The predicted molar refractivity (Wildman–Crippen MR) is 55.7 cm³/mol. The summed E-state index contributed by atoms with van der Waals surface area (Å²) in [4.78, 5) is 0. The molecule has 1 nitrogen and oxygen atoms in total. The minimum Gasteiger partial charge on any atom is -0.316 e. The predicted octanol–water partition coefficient (Wildman–Crippen LogP) is 2.68. The molecule has 0 bridgehead atoms. The second-order valence-electron chi connectivity index (χ2n) is 4.25. The molecule has 0 aliphatic carbocycles. The van der Waals surface area contributed by atoms with Crippen LogP contribution in [0.3, 0.4) is 0 Å². The molecule has 2 rings (SSSR count). The maximum Gasteiger partial charge on any atom is 0.159 e. The number of benzene rings is 1. The highest BCUT2D eigenvalue weighted by Crippen LogP contribution is 2.30. The minimum absolute atomic E-state index is 0.348. The van der Waals surface area contributed by atoms with E-state index in [4.69, 9.17) is 0 Å². The van der Waals surface area contributed by atoms with Crippen LogP contribution in [-0.4, -0.2) is 13.1 Å². The van der Waals surface area contributed by atoms with Gasteiger partial charge in [-0.3, -0.25) is 0 Å². The molecule has 1 aliphatic rings. The molecule has 1 aromatic rings. The van der Waals surface area contributed by atoms with Crippen LogP contribution in [0.5, 0.6) is 0 Å². The van der Waals surface area contributed by atoms with Crippen molar-refractivity contribution in [2.24, 2.45) is 5.92 Å². The van der Waals surface area contributed by atoms with Gasteiger partial charge >= 0.3 is 0 Å². The molecule has 15 heavy (non-hydrogen) atoms. The van der Waals surface area contributed by atoms with Gasteiger partial charge in [0, 0.05) is 0 Å². The summed E-state index contributed by atoms with van der Waals surface area (Å²) < 4.78 is 25.8. The first kappa shape index (κ1) is 10.6. The van der Waals surface area contributed by atoms with Crippen molar-refractivity contribution >= 4 is 0 Å². The van der Waals surface area contributed by atoms with E-state index in [0.717, 1.165) is 25.1 Å². The highest BCUT2D eigenvalue weighted by molar-refractivity contribution is 5.23. The normalized spacial score (nSPS) is 26.6. The summed E-state index contributed by atoms with van der Waals surface area (Å²) in [7, 11) is 0. The lowest BCUT2D eigenvalue weighted by molar-refractivity contribution is 0.348. The Hall–Kier alpha value is -0.960. The molecule has 82 valence electrons. The summed E-state index contributed by atoms with van der Waals surface area (Å²) in [6, 6.07) is 4.26. The van der Waals surface area contributed by atoms with Crippen LogP contribution in [0.15, 0.2) is 18.2 Å².